The average molecular weight is 443 g/mol. The van der Waals surface area contributed by atoms with E-state index in [1.54, 1.807) is 0 Å². The SMILES string of the molecule is CCCCCCCCCCCOC(=O)CCCCCN(CCO)CCCCCCCN. The van der Waals surface area contributed by atoms with Crippen molar-refractivity contribution in [2.24, 2.45) is 5.73 Å². The summed E-state index contributed by atoms with van der Waals surface area (Å²) in [6, 6.07) is 0. The van der Waals surface area contributed by atoms with E-state index >= 15 is 0 Å². The number of nitrogens with two attached hydrogens (primary N) is 1. The summed E-state index contributed by atoms with van der Waals surface area (Å²) in [4.78, 5) is 14.2. The molecule has 0 atom stereocenters. The smallest absolute Gasteiger partial charge is 0.305 e. The predicted molar refractivity (Wildman–Crippen MR) is 132 cm³/mol. The first-order valence-corrected chi connectivity index (χ1v) is 13.4. The van der Waals surface area contributed by atoms with Gasteiger partial charge in [0.15, 0.2) is 0 Å². The van der Waals surface area contributed by atoms with Crippen LogP contribution in [-0.4, -0.2) is 55.4 Å². The van der Waals surface area contributed by atoms with Gasteiger partial charge in [-0.3, -0.25) is 4.79 Å². The fourth-order valence-electron chi connectivity index (χ4n) is 3.94. The van der Waals surface area contributed by atoms with Gasteiger partial charge in [0.1, 0.15) is 0 Å². The van der Waals surface area contributed by atoms with E-state index in [2.05, 4.69) is 11.8 Å². The number of ether oxygens (including phenoxy) is 1. The highest BCUT2D eigenvalue weighted by atomic mass is 16.5. The summed E-state index contributed by atoms with van der Waals surface area (Å²) in [5.41, 5.74) is 5.53. The molecule has 0 bridgehead atoms. The molecule has 186 valence electrons. The molecule has 0 aromatic carbocycles. The molecule has 0 fully saturated rings. The second kappa shape index (κ2) is 25.6. The number of unbranched alkanes of at least 4 members (excludes halogenated alkanes) is 14. The summed E-state index contributed by atoms with van der Waals surface area (Å²) >= 11 is 0. The van der Waals surface area contributed by atoms with Gasteiger partial charge in [0.2, 0.25) is 0 Å². The quantitative estimate of drug-likeness (QED) is 0.137. The third kappa shape index (κ3) is 23.8. The Kier molecular flexibility index (Phi) is 25.1. The van der Waals surface area contributed by atoms with Crippen LogP contribution in [0.3, 0.4) is 0 Å². The minimum absolute atomic E-state index is 0.0377. The number of hydrogen-bond donors (Lipinski definition) is 2. The number of nitrogens with zero attached hydrogens (tertiary/aromatic N) is 1. The predicted octanol–water partition coefficient (Wildman–Crippen LogP) is 5.82. The maximum absolute atomic E-state index is 11.9. The zero-order chi connectivity index (χ0) is 22.8. The van der Waals surface area contributed by atoms with E-state index in [1.807, 2.05) is 0 Å². The number of esters is 1. The molecule has 0 radical (unpaired) electrons. The minimum Gasteiger partial charge on any atom is -0.466 e. The van der Waals surface area contributed by atoms with E-state index < -0.39 is 0 Å². The molecule has 0 aliphatic carbocycles. The van der Waals surface area contributed by atoms with Crippen molar-refractivity contribution in [1.82, 2.24) is 4.90 Å². The first-order valence-electron chi connectivity index (χ1n) is 13.4. The van der Waals surface area contributed by atoms with Crippen LogP contribution in [0.25, 0.3) is 0 Å². The third-order valence-corrected chi connectivity index (χ3v) is 5.96. The Labute approximate surface area is 193 Å². The molecule has 0 amide bonds. The molecule has 31 heavy (non-hydrogen) atoms. The van der Waals surface area contributed by atoms with Gasteiger partial charge in [-0.05, 0) is 51.7 Å². The lowest BCUT2D eigenvalue weighted by Crippen LogP contribution is -2.29. The Morgan fingerprint density at radius 1 is 0.710 bits per heavy atom. The van der Waals surface area contributed by atoms with Gasteiger partial charge < -0.3 is 20.5 Å². The molecule has 0 heterocycles. The van der Waals surface area contributed by atoms with Gasteiger partial charge in [0, 0.05) is 13.0 Å². The van der Waals surface area contributed by atoms with E-state index in [4.69, 9.17) is 10.5 Å². The lowest BCUT2D eigenvalue weighted by atomic mass is 10.1. The summed E-state index contributed by atoms with van der Waals surface area (Å²) in [5.74, 6) is -0.0377. The lowest BCUT2D eigenvalue weighted by molar-refractivity contribution is -0.143. The minimum atomic E-state index is -0.0377. The molecule has 5 heteroatoms. The molecule has 0 aliphatic rings. The van der Waals surface area contributed by atoms with E-state index in [-0.39, 0.29) is 12.6 Å². The summed E-state index contributed by atoms with van der Waals surface area (Å²) in [6.07, 6.45) is 21.2. The Hall–Kier alpha value is -0.650. The molecule has 0 spiro atoms. The van der Waals surface area contributed by atoms with Crippen LogP contribution in [0.15, 0.2) is 0 Å². The van der Waals surface area contributed by atoms with Crippen LogP contribution in [0.4, 0.5) is 0 Å². The van der Waals surface area contributed by atoms with Gasteiger partial charge in [0.25, 0.3) is 0 Å². The van der Waals surface area contributed by atoms with Gasteiger partial charge in [-0.2, -0.15) is 0 Å². The van der Waals surface area contributed by atoms with Crippen LogP contribution >= 0.6 is 0 Å². The van der Waals surface area contributed by atoms with Gasteiger partial charge in [-0.15, -0.1) is 0 Å². The number of hydrogen-bond acceptors (Lipinski definition) is 5. The van der Waals surface area contributed by atoms with Gasteiger partial charge in [-0.25, -0.2) is 0 Å². The first kappa shape index (κ1) is 30.4. The van der Waals surface area contributed by atoms with Gasteiger partial charge in [0.05, 0.1) is 13.2 Å². The molecular weight excluding hydrogens is 388 g/mol. The number of aliphatic hydroxyl groups is 1. The monoisotopic (exact) mass is 442 g/mol. The number of carbonyl (C=O) groups excluding carboxylic acids is 1. The van der Waals surface area contributed by atoms with Crippen molar-refractivity contribution < 1.29 is 14.6 Å². The molecule has 3 N–H and O–H groups in total. The van der Waals surface area contributed by atoms with Crippen molar-refractivity contribution in [3.8, 4) is 0 Å². The normalized spacial score (nSPS) is 11.4. The highest BCUT2D eigenvalue weighted by Gasteiger charge is 2.06. The van der Waals surface area contributed by atoms with Crippen LogP contribution < -0.4 is 5.73 Å². The highest BCUT2D eigenvalue weighted by molar-refractivity contribution is 5.69. The summed E-state index contributed by atoms with van der Waals surface area (Å²) in [6.45, 7) is 6.68. The Morgan fingerprint density at radius 2 is 1.23 bits per heavy atom. The molecule has 0 aromatic rings. The van der Waals surface area contributed by atoms with Crippen LogP contribution in [-0.2, 0) is 9.53 Å². The molecule has 0 rings (SSSR count). The van der Waals surface area contributed by atoms with E-state index in [0.29, 0.717) is 13.0 Å². The van der Waals surface area contributed by atoms with Crippen molar-refractivity contribution >= 4 is 5.97 Å². The van der Waals surface area contributed by atoms with Crippen LogP contribution in [0.1, 0.15) is 122 Å². The highest BCUT2D eigenvalue weighted by Crippen LogP contribution is 2.10. The van der Waals surface area contributed by atoms with Crippen molar-refractivity contribution in [3.63, 3.8) is 0 Å². The molecule has 0 unspecified atom stereocenters. The molecule has 0 aliphatic heterocycles. The molecule has 0 aromatic heterocycles. The fraction of sp³-hybridized carbons (Fsp3) is 0.962. The summed E-state index contributed by atoms with van der Waals surface area (Å²) < 4.78 is 5.37. The van der Waals surface area contributed by atoms with Crippen molar-refractivity contribution in [1.29, 1.82) is 0 Å². The zero-order valence-corrected chi connectivity index (χ0v) is 20.8. The molecular formula is C26H54N2O3. The average Bonchev–Trinajstić information content (AvgIpc) is 2.77. The second-order valence-electron chi connectivity index (χ2n) is 8.98. The summed E-state index contributed by atoms with van der Waals surface area (Å²) in [5, 5.41) is 9.26. The Balaban J connectivity index is 3.48. The van der Waals surface area contributed by atoms with Gasteiger partial charge in [-0.1, -0.05) is 84.0 Å². The standard InChI is InChI=1S/C26H54N2O3/c1-2-3-4-5-6-7-8-12-18-25-31-26(30)19-14-13-17-22-28(23-24-29)21-16-11-9-10-15-20-27/h29H,2-25,27H2,1H3. The zero-order valence-electron chi connectivity index (χ0n) is 20.8. The van der Waals surface area contributed by atoms with Crippen molar-refractivity contribution in [3.05, 3.63) is 0 Å². The van der Waals surface area contributed by atoms with E-state index in [0.717, 1.165) is 58.3 Å². The number of rotatable bonds is 25. The topological polar surface area (TPSA) is 75.8 Å². The van der Waals surface area contributed by atoms with Crippen molar-refractivity contribution in [2.75, 3.05) is 39.4 Å². The van der Waals surface area contributed by atoms with E-state index in [1.165, 1.54) is 77.0 Å². The Bertz CT molecular complexity index is 367. The molecule has 0 saturated carbocycles. The van der Waals surface area contributed by atoms with Crippen LogP contribution in [0, 0.1) is 0 Å². The third-order valence-electron chi connectivity index (χ3n) is 5.96. The first-order chi connectivity index (χ1) is 15.2. The fourth-order valence-corrected chi connectivity index (χ4v) is 3.94. The summed E-state index contributed by atoms with van der Waals surface area (Å²) in [7, 11) is 0. The van der Waals surface area contributed by atoms with Gasteiger partial charge >= 0.3 is 5.97 Å². The molecule has 0 saturated heterocycles. The van der Waals surface area contributed by atoms with Crippen LogP contribution in [0.5, 0.6) is 0 Å². The Morgan fingerprint density at radius 3 is 1.81 bits per heavy atom. The van der Waals surface area contributed by atoms with E-state index in [9.17, 15) is 9.90 Å². The number of aliphatic hydroxyl groups excluding tert-OH is 1. The second-order valence-corrected chi connectivity index (χ2v) is 8.98. The lowest BCUT2D eigenvalue weighted by Gasteiger charge is -2.21. The maximum atomic E-state index is 11.9. The number of carbonyl (C=O) groups is 1. The maximum Gasteiger partial charge on any atom is 0.305 e. The van der Waals surface area contributed by atoms with Crippen LogP contribution in [0.2, 0.25) is 0 Å². The largest absolute Gasteiger partial charge is 0.466 e. The molecule has 5 nitrogen and oxygen atoms in total. The van der Waals surface area contributed by atoms with Crippen molar-refractivity contribution in [2.45, 2.75) is 122 Å².